The quantitative estimate of drug-likeness (QED) is 0.712. The molecule has 1 rings (SSSR count). The SMILES string of the molecule is CC1(C)CC(OC(=O)CCN)CC(C)(C)N1. The number of carbonyl (C=O) groups is 1. The topological polar surface area (TPSA) is 64.3 Å². The number of hydrogen-bond donors (Lipinski definition) is 2. The number of rotatable bonds is 3. The Kier molecular flexibility index (Phi) is 3.97. The van der Waals surface area contributed by atoms with Crippen LogP contribution in [0.5, 0.6) is 0 Å². The zero-order valence-electron chi connectivity index (χ0n) is 10.8. The summed E-state index contributed by atoms with van der Waals surface area (Å²) in [6.07, 6.45) is 2.02. The largest absolute Gasteiger partial charge is 0.462 e. The van der Waals surface area contributed by atoms with Gasteiger partial charge in [-0.15, -0.1) is 0 Å². The Morgan fingerprint density at radius 2 is 1.81 bits per heavy atom. The molecule has 1 fully saturated rings. The summed E-state index contributed by atoms with van der Waals surface area (Å²) in [4.78, 5) is 11.4. The van der Waals surface area contributed by atoms with Crippen LogP contribution >= 0.6 is 0 Å². The van der Waals surface area contributed by atoms with E-state index in [1.54, 1.807) is 0 Å². The van der Waals surface area contributed by atoms with Crippen molar-refractivity contribution in [1.29, 1.82) is 0 Å². The highest BCUT2D eigenvalue weighted by atomic mass is 16.5. The van der Waals surface area contributed by atoms with Crippen LogP contribution in [-0.2, 0) is 9.53 Å². The lowest BCUT2D eigenvalue weighted by Crippen LogP contribution is -2.59. The lowest BCUT2D eigenvalue weighted by Gasteiger charge is -2.45. The van der Waals surface area contributed by atoms with E-state index < -0.39 is 0 Å². The zero-order chi connectivity index (χ0) is 12.4. The van der Waals surface area contributed by atoms with Crippen molar-refractivity contribution >= 4 is 5.97 Å². The van der Waals surface area contributed by atoms with Crippen LogP contribution < -0.4 is 11.1 Å². The number of esters is 1. The molecule has 1 saturated heterocycles. The molecule has 4 heteroatoms. The molecule has 1 heterocycles. The van der Waals surface area contributed by atoms with Crippen LogP contribution in [0.25, 0.3) is 0 Å². The van der Waals surface area contributed by atoms with Crippen LogP contribution in [0, 0.1) is 0 Å². The van der Waals surface area contributed by atoms with E-state index in [0.717, 1.165) is 12.8 Å². The van der Waals surface area contributed by atoms with E-state index in [1.165, 1.54) is 0 Å². The van der Waals surface area contributed by atoms with E-state index in [9.17, 15) is 4.79 Å². The average Bonchev–Trinajstić information content (AvgIpc) is 1.96. The number of ether oxygens (including phenoxy) is 1. The van der Waals surface area contributed by atoms with Crippen LogP contribution in [0.3, 0.4) is 0 Å². The second kappa shape index (κ2) is 4.72. The molecule has 0 bridgehead atoms. The van der Waals surface area contributed by atoms with Crippen LogP contribution in [0.15, 0.2) is 0 Å². The van der Waals surface area contributed by atoms with Crippen LogP contribution in [-0.4, -0.2) is 29.7 Å². The van der Waals surface area contributed by atoms with Crippen LogP contribution in [0.4, 0.5) is 0 Å². The second-order valence-corrected chi connectivity index (χ2v) is 5.95. The van der Waals surface area contributed by atoms with Gasteiger partial charge in [-0.05, 0) is 27.7 Å². The van der Waals surface area contributed by atoms with Crippen molar-refractivity contribution < 1.29 is 9.53 Å². The number of nitrogens with two attached hydrogens (primary N) is 1. The van der Waals surface area contributed by atoms with E-state index in [1.807, 2.05) is 0 Å². The first-order chi connectivity index (χ1) is 7.24. The van der Waals surface area contributed by atoms with Crippen molar-refractivity contribution in [3.63, 3.8) is 0 Å². The Morgan fingerprint density at radius 1 is 1.31 bits per heavy atom. The molecule has 0 aromatic carbocycles. The molecule has 0 amide bonds. The fourth-order valence-electron chi connectivity index (χ4n) is 2.67. The molecule has 0 radical (unpaired) electrons. The molecule has 1 aliphatic rings. The summed E-state index contributed by atoms with van der Waals surface area (Å²) in [7, 11) is 0. The summed E-state index contributed by atoms with van der Waals surface area (Å²) in [6.45, 7) is 8.90. The maximum atomic E-state index is 11.4. The Balaban J connectivity index is 2.57. The number of piperidine rings is 1. The Bertz CT molecular complexity index is 246. The van der Waals surface area contributed by atoms with Gasteiger partial charge in [-0.2, -0.15) is 0 Å². The molecule has 16 heavy (non-hydrogen) atoms. The van der Waals surface area contributed by atoms with Gasteiger partial charge in [0.05, 0.1) is 6.42 Å². The molecule has 0 saturated carbocycles. The van der Waals surface area contributed by atoms with Crippen LogP contribution in [0.2, 0.25) is 0 Å². The number of carbonyl (C=O) groups excluding carboxylic acids is 1. The highest BCUT2D eigenvalue weighted by Gasteiger charge is 2.39. The maximum Gasteiger partial charge on any atom is 0.307 e. The van der Waals surface area contributed by atoms with Crippen molar-refractivity contribution in [1.82, 2.24) is 5.32 Å². The lowest BCUT2D eigenvalue weighted by molar-refractivity contribution is -0.152. The first kappa shape index (κ1) is 13.5. The van der Waals surface area contributed by atoms with Gasteiger partial charge in [0.2, 0.25) is 0 Å². The summed E-state index contributed by atoms with van der Waals surface area (Å²) in [5.74, 6) is -0.180. The molecular formula is C12H24N2O2. The van der Waals surface area contributed by atoms with E-state index in [2.05, 4.69) is 33.0 Å². The predicted octanol–water partition coefficient (Wildman–Crippen LogP) is 1.19. The number of nitrogens with one attached hydrogen (secondary N) is 1. The van der Waals surface area contributed by atoms with Gasteiger partial charge in [-0.3, -0.25) is 4.79 Å². The Hall–Kier alpha value is -0.610. The fraction of sp³-hybridized carbons (Fsp3) is 0.917. The van der Waals surface area contributed by atoms with Crippen molar-refractivity contribution in [2.24, 2.45) is 5.73 Å². The van der Waals surface area contributed by atoms with E-state index >= 15 is 0 Å². The highest BCUT2D eigenvalue weighted by Crippen LogP contribution is 2.30. The molecule has 94 valence electrons. The third-order valence-corrected chi connectivity index (χ3v) is 2.80. The van der Waals surface area contributed by atoms with Gasteiger partial charge in [-0.25, -0.2) is 0 Å². The first-order valence-electron chi connectivity index (χ1n) is 5.93. The third kappa shape index (κ3) is 4.10. The van der Waals surface area contributed by atoms with Crippen molar-refractivity contribution in [3.8, 4) is 0 Å². The zero-order valence-corrected chi connectivity index (χ0v) is 10.8. The molecule has 3 N–H and O–H groups in total. The minimum atomic E-state index is -0.180. The summed E-state index contributed by atoms with van der Waals surface area (Å²) < 4.78 is 5.44. The molecule has 4 nitrogen and oxygen atoms in total. The van der Waals surface area contributed by atoms with Gasteiger partial charge in [0, 0.05) is 30.5 Å². The normalized spacial score (nSPS) is 24.1. The average molecular weight is 228 g/mol. The molecule has 1 aliphatic heterocycles. The van der Waals surface area contributed by atoms with Crippen molar-refractivity contribution in [2.75, 3.05) is 6.54 Å². The Morgan fingerprint density at radius 3 is 2.25 bits per heavy atom. The first-order valence-corrected chi connectivity index (χ1v) is 5.93. The van der Waals surface area contributed by atoms with Gasteiger partial charge in [0.1, 0.15) is 6.10 Å². The van der Waals surface area contributed by atoms with E-state index in [4.69, 9.17) is 10.5 Å². The Labute approximate surface area is 97.9 Å². The van der Waals surface area contributed by atoms with E-state index in [-0.39, 0.29) is 23.2 Å². The predicted molar refractivity (Wildman–Crippen MR) is 64.1 cm³/mol. The molecule has 0 unspecified atom stereocenters. The van der Waals surface area contributed by atoms with Gasteiger partial charge in [-0.1, -0.05) is 0 Å². The van der Waals surface area contributed by atoms with Gasteiger partial charge in [0.25, 0.3) is 0 Å². The van der Waals surface area contributed by atoms with Gasteiger partial charge in [0.15, 0.2) is 0 Å². The fourth-order valence-corrected chi connectivity index (χ4v) is 2.67. The molecule has 0 atom stereocenters. The highest BCUT2D eigenvalue weighted by molar-refractivity contribution is 5.69. The minimum absolute atomic E-state index is 0.00491. The monoisotopic (exact) mass is 228 g/mol. The molecule has 0 spiro atoms. The van der Waals surface area contributed by atoms with E-state index in [0.29, 0.717) is 13.0 Å². The van der Waals surface area contributed by atoms with Crippen molar-refractivity contribution in [3.05, 3.63) is 0 Å². The molecular weight excluding hydrogens is 204 g/mol. The maximum absolute atomic E-state index is 11.4. The minimum Gasteiger partial charge on any atom is -0.462 e. The molecule has 0 aliphatic carbocycles. The number of hydrogen-bond acceptors (Lipinski definition) is 4. The lowest BCUT2D eigenvalue weighted by atomic mass is 9.81. The molecule has 0 aromatic rings. The standard InChI is InChI=1S/C12H24N2O2/c1-11(2)7-9(8-12(3,4)14-11)16-10(15)5-6-13/h9,14H,5-8,13H2,1-4H3. The summed E-state index contributed by atoms with van der Waals surface area (Å²) in [5, 5.41) is 3.55. The molecule has 0 aromatic heterocycles. The summed E-state index contributed by atoms with van der Waals surface area (Å²) in [6, 6.07) is 0. The van der Waals surface area contributed by atoms with Gasteiger partial charge >= 0.3 is 5.97 Å². The third-order valence-electron chi connectivity index (χ3n) is 2.80. The second-order valence-electron chi connectivity index (χ2n) is 5.95. The summed E-state index contributed by atoms with van der Waals surface area (Å²) in [5.41, 5.74) is 5.35. The smallest absolute Gasteiger partial charge is 0.307 e. The van der Waals surface area contributed by atoms with Gasteiger partial charge < -0.3 is 15.8 Å². The van der Waals surface area contributed by atoms with Crippen molar-refractivity contribution in [2.45, 2.75) is 64.1 Å². The summed E-state index contributed by atoms with van der Waals surface area (Å²) >= 11 is 0. The van der Waals surface area contributed by atoms with Crippen LogP contribution in [0.1, 0.15) is 47.0 Å².